The number of nitrogens with two attached hydrogens (primary N) is 1. The van der Waals surface area contributed by atoms with Crippen LogP contribution in [0.1, 0.15) is 60.3 Å². The molecule has 1 heterocycles. The Kier molecular flexibility index (Phi) is 3.83. The van der Waals surface area contributed by atoms with Crippen molar-refractivity contribution in [3.05, 3.63) is 0 Å². The van der Waals surface area contributed by atoms with Crippen LogP contribution in [-0.4, -0.2) is 28.6 Å². The molecule has 0 amide bonds. The van der Waals surface area contributed by atoms with Crippen molar-refractivity contribution in [2.24, 2.45) is 5.73 Å². The summed E-state index contributed by atoms with van der Waals surface area (Å²) in [5.74, 6) is 0. The first kappa shape index (κ1) is 13.0. The average Bonchev–Trinajstić information content (AvgIpc) is 2.14. The molecular formula is C13H28N2. The second-order valence-corrected chi connectivity index (χ2v) is 5.66. The molecule has 1 unspecified atom stereocenters. The highest BCUT2D eigenvalue weighted by Gasteiger charge is 2.46. The number of piperidine rings is 1. The third kappa shape index (κ3) is 2.21. The normalized spacial score (nSPS) is 30.4. The van der Waals surface area contributed by atoms with E-state index in [0.29, 0.717) is 11.6 Å². The Morgan fingerprint density at radius 2 is 1.67 bits per heavy atom. The second kappa shape index (κ2) is 4.42. The van der Waals surface area contributed by atoms with E-state index in [-0.39, 0.29) is 5.54 Å². The zero-order valence-corrected chi connectivity index (χ0v) is 11.1. The molecule has 2 heteroatoms. The SMILES string of the molecule is CCN1C(C)(C)CC(N)CC1(CC)CC. The van der Waals surface area contributed by atoms with Crippen LogP contribution < -0.4 is 5.73 Å². The molecule has 0 aromatic carbocycles. The summed E-state index contributed by atoms with van der Waals surface area (Å²) in [6.07, 6.45) is 4.72. The van der Waals surface area contributed by atoms with Gasteiger partial charge in [-0.25, -0.2) is 0 Å². The third-order valence-electron chi connectivity index (χ3n) is 4.34. The Morgan fingerprint density at radius 3 is 2.07 bits per heavy atom. The first-order valence-electron chi connectivity index (χ1n) is 6.45. The van der Waals surface area contributed by atoms with E-state index in [4.69, 9.17) is 5.73 Å². The van der Waals surface area contributed by atoms with E-state index in [2.05, 4.69) is 39.5 Å². The monoisotopic (exact) mass is 212 g/mol. The van der Waals surface area contributed by atoms with Gasteiger partial charge in [0.2, 0.25) is 0 Å². The quantitative estimate of drug-likeness (QED) is 0.779. The lowest BCUT2D eigenvalue weighted by molar-refractivity contribution is -0.0553. The summed E-state index contributed by atoms with van der Waals surface area (Å²) in [4.78, 5) is 2.68. The summed E-state index contributed by atoms with van der Waals surface area (Å²) in [6, 6.07) is 0.377. The van der Waals surface area contributed by atoms with E-state index >= 15 is 0 Å². The van der Waals surface area contributed by atoms with Gasteiger partial charge in [-0.3, -0.25) is 4.90 Å². The van der Waals surface area contributed by atoms with Crippen LogP contribution in [0.4, 0.5) is 0 Å². The topological polar surface area (TPSA) is 29.3 Å². The van der Waals surface area contributed by atoms with Crippen molar-refractivity contribution in [2.45, 2.75) is 77.4 Å². The number of hydrogen-bond donors (Lipinski definition) is 1. The molecule has 15 heavy (non-hydrogen) atoms. The van der Waals surface area contributed by atoms with Crippen LogP contribution in [0.5, 0.6) is 0 Å². The molecule has 1 fully saturated rings. The van der Waals surface area contributed by atoms with Gasteiger partial charge in [0.1, 0.15) is 0 Å². The predicted molar refractivity (Wildman–Crippen MR) is 67.0 cm³/mol. The fraction of sp³-hybridized carbons (Fsp3) is 1.00. The summed E-state index contributed by atoms with van der Waals surface area (Å²) in [6.45, 7) is 12.7. The van der Waals surface area contributed by atoms with Crippen LogP contribution in [0.2, 0.25) is 0 Å². The largest absolute Gasteiger partial charge is 0.328 e. The molecular weight excluding hydrogens is 184 g/mol. The Balaban J connectivity index is 3.01. The van der Waals surface area contributed by atoms with E-state index in [1.165, 1.54) is 12.8 Å². The second-order valence-electron chi connectivity index (χ2n) is 5.66. The van der Waals surface area contributed by atoms with Crippen molar-refractivity contribution in [1.29, 1.82) is 0 Å². The van der Waals surface area contributed by atoms with Gasteiger partial charge in [0.25, 0.3) is 0 Å². The zero-order chi connectivity index (χ0) is 11.7. The smallest absolute Gasteiger partial charge is 0.0224 e. The van der Waals surface area contributed by atoms with Gasteiger partial charge < -0.3 is 5.73 Å². The van der Waals surface area contributed by atoms with Crippen LogP contribution >= 0.6 is 0 Å². The fourth-order valence-electron chi connectivity index (χ4n) is 3.75. The average molecular weight is 212 g/mol. The number of hydrogen-bond acceptors (Lipinski definition) is 2. The molecule has 0 bridgehead atoms. The highest BCUT2D eigenvalue weighted by Crippen LogP contribution is 2.41. The fourth-order valence-corrected chi connectivity index (χ4v) is 3.75. The van der Waals surface area contributed by atoms with E-state index in [0.717, 1.165) is 19.4 Å². The molecule has 0 aromatic heterocycles. The molecule has 1 aliphatic rings. The summed E-state index contributed by atoms with van der Waals surface area (Å²) >= 11 is 0. The molecule has 0 aromatic rings. The van der Waals surface area contributed by atoms with Crippen molar-refractivity contribution in [2.75, 3.05) is 6.54 Å². The Hall–Kier alpha value is -0.0800. The lowest BCUT2D eigenvalue weighted by Gasteiger charge is -2.57. The number of likely N-dealkylation sites (tertiary alicyclic amines) is 1. The molecule has 0 aliphatic carbocycles. The third-order valence-corrected chi connectivity index (χ3v) is 4.34. The van der Waals surface area contributed by atoms with Gasteiger partial charge in [-0.2, -0.15) is 0 Å². The van der Waals surface area contributed by atoms with Gasteiger partial charge >= 0.3 is 0 Å². The summed E-state index contributed by atoms with van der Waals surface area (Å²) in [5, 5.41) is 0. The summed E-state index contributed by atoms with van der Waals surface area (Å²) < 4.78 is 0. The minimum absolute atomic E-state index is 0.262. The molecule has 1 atom stereocenters. The first-order chi connectivity index (χ1) is 6.91. The van der Waals surface area contributed by atoms with Gasteiger partial charge in [-0.05, 0) is 46.1 Å². The minimum Gasteiger partial charge on any atom is -0.328 e. The number of rotatable bonds is 3. The molecule has 0 spiro atoms. The zero-order valence-electron chi connectivity index (χ0n) is 11.1. The van der Waals surface area contributed by atoms with Gasteiger partial charge in [0.05, 0.1) is 0 Å². The minimum atomic E-state index is 0.262. The van der Waals surface area contributed by atoms with Gasteiger partial charge in [0, 0.05) is 17.1 Å². The number of nitrogens with zero attached hydrogens (tertiary/aromatic N) is 1. The maximum Gasteiger partial charge on any atom is 0.0224 e. The summed E-state index contributed by atoms with van der Waals surface area (Å²) in [5.41, 5.74) is 6.83. The molecule has 2 N–H and O–H groups in total. The highest BCUT2D eigenvalue weighted by atomic mass is 15.3. The first-order valence-corrected chi connectivity index (χ1v) is 6.45. The van der Waals surface area contributed by atoms with E-state index in [9.17, 15) is 0 Å². The van der Waals surface area contributed by atoms with Crippen LogP contribution in [0, 0.1) is 0 Å². The molecule has 0 radical (unpaired) electrons. The molecule has 1 saturated heterocycles. The molecule has 90 valence electrons. The van der Waals surface area contributed by atoms with E-state index in [1.54, 1.807) is 0 Å². The van der Waals surface area contributed by atoms with E-state index in [1.807, 2.05) is 0 Å². The highest BCUT2D eigenvalue weighted by molar-refractivity contribution is 5.04. The lowest BCUT2D eigenvalue weighted by Crippen LogP contribution is -2.65. The van der Waals surface area contributed by atoms with Crippen LogP contribution in [0.15, 0.2) is 0 Å². The molecule has 0 saturated carbocycles. The molecule has 2 nitrogen and oxygen atoms in total. The van der Waals surface area contributed by atoms with Crippen molar-refractivity contribution in [3.63, 3.8) is 0 Å². The molecule has 1 aliphatic heterocycles. The summed E-state index contributed by atoms with van der Waals surface area (Å²) in [7, 11) is 0. The van der Waals surface area contributed by atoms with Crippen molar-refractivity contribution in [1.82, 2.24) is 4.90 Å². The Labute approximate surface area is 95.2 Å². The Morgan fingerprint density at radius 1 is 1.13 bits per heavy atom. The van der Waals surface area contributed by atoms with Crippen LogP contribution in [0.25, 0.3) is 0 Å². The van der Waals surface area contributed by atoms with Gasteiger partial charge in [-0.1, -0.05) is 20.8 Å². The van der Waals surface area contributed by atoms with E-state index < -0.39 is 0 Å². The van der Waals surface area contributed by atoms with Crippen molar-refractivity contribution < 1.29 is 0 Å². The van der Waals surface area contributed by atoms with Crippen molar-refractivity contribution >= 4 is 0 Å². The molecule has 1 rings (SSSR count). The van der Waals surface area contributed by atoms with Crippen LogP contribution in [-0.2, 0) is 0 Å². The maximum atomic E-state index is 6.23. The van der Waals surface area contributed by atoms with Gasteiger partial charge in [-0.15, -0.1) is 0 Å². The van der Waals surface area contributed by atoms with Crippen molar-refractivity contribution in [3.8, 4) is 0 Å². The maximum absolute atomic E-state index is 6.23. The van der Waals surface area contributed by atoms with Gasteiger partial charge in [0.15, 0.2) is 0 Å². The standard InChI is InChI=1S/C13H28N2/c1-6-13(7-2)10-11(14)9-12(4,5)15(13)8-3/h11H,6-10,14H2,1-5H3. The lowest BCUT2D eigenvalue weighted by atomic mass is 9.73. The Bertz CT molecular complexity index is 207. The predicted octanol–water partition coefficient (Wildman–Crippen LogP) is 2.77. The van der Waals surface area contributed by atoms with Crippen LogP contribution in [0.3, 0.4) is 0 Å².